The van der Waals surface area contributed by atoms with Gasteiger partial charge in [-0.25, -0.2) is 4.98 Å². The summed E-state index contributed by atoms with van der Waals surface area (Å²) in [5.41, 5.74) is 0. The van der Waals surface area contributed by atoms with Gasteiger partial charge >= 0.3 is 6.18 Å². The van der Waals surface area contributed by atoms with Crippen LogP contribution in [0.4, 0.5) is 13.2 Å². The van der Waals surface area contributed by atoms with E-state index in [1.54, 1.807) is 0 Å². The molecule has 0 aromatic carbocycles. The van der Waals surface area contributed by atoms with Crippen LogP contribution in [0.15, 0.2) is 12.4 Å². The Morgan fingerprint density at radius 1 is 1.45 bits per heavy atom. The number of H-pyrrole nitrogens is 1. The van der Waals surface area contributed by atoms with Crippen molar-refractivity contribution in [1.29, 1.82) is 0 Å². The van der Waals surface area contributed by atoms with Crippen LogP contribution in [0.3, 0.4) is 0 Å². The minimum Gasteiger partial charge on any atom is -0.348 e. The molecule has 11 heavy (non-hydrogen) atoms. The predicted molar refractivity (Wildman–Crippen MR) is 35.6 cm³/mol. The van der Waals surface area contributed by atoms with Crippen molar-refractivity contribution in [2.45, 2.75) is 12.6 Å². The molecule has 2 nitrogen and oxygen atoms in total. The van der Waals surface area contributed by atoms with Crippen molar-refractivity contribution in [3.05, 3.63) is 18.2 Å². The van der Waals surface area contributed by atoms with Crippen molar-refractivity contribution in [2.75, 3.05) is 0 Å². The first-order valence-electron chi connectivity index (χ1n) is 2.63. The Morgan fingerprint density at radius 3 is 2.45 bits per heavy atom. The molecular weight excluding hydrogens is 181 g/mol. The number of alkyl halides is 3. The summed E-state index contributed by atoms with van der Waals surface area (Å²) in [6.45, 7) is 0. The molecule has 0 saturated carbocycles. The van der Waals surface area contributed by atoms with Crippen molar-refractivity contribution in [3.63, 3.8) is 0 Å². The molecule has 0 saturated heterocycles. The van der Waals surface area contributed by atoms with Gasteiger partial charge < -0.3 is 4.98 Å². The molecule has 1 rings (SSSR count). The Morgan fingerprint density at radius 2 is 2.09 bits per heavy atom. The van der Waals surface area contributed by atoms with Crippen LogP contribution in [0.2, 0.25) is 0 Å². The molecule has 0 atom stereocenters. The van der Waals surface area contributed by atoms with Crippen LogP contribution in [0.5, 0.6) is 0 Å². The fraction of sp³-hybridized carbons (Fsp3) is 0.400. The monoisotopic (exact) mass is 186 g/mol. The van der Waals surface area contributed by atoms with E-state index in [4.69, 9.17) is 0 Å². The average molecular weight is 187 g/mol. The van der Waals surface area contributed by atoms with Gasteiger partial charge in [-0.05, 0) is 0 Å². The summed E-state index contributed by atoms with van der Waals surface area (Å²) in [4.78, 5) is 5.79. The molecule has 0 aliphatic rings. The molecule has 1 aromatic heterocycles. The number of nitrogens with zero attached hydrogens (tertiary/aromatic N) is 1. The third kappa shape index (κ3) is 3.87. The van der Waals surface area contributed by atoms with E-state index in [2.05, 4.69) is 9.97 Å². The molecule has 0 bridgehead atoms. The van der Waals surface area contributed by atoms with E-state index in [0.29, 0.717) is 0 Å². The standard InChI is InChI=1S/C5H5F3N2.ClH/c6-5(7,8)3-4-9-1-2-10-4;/h1-2H,3H2,(H,9,10);1H. The summed E-state index contributed by atoms with van der Waals surface area (Å²) in [6.07, 6.45) is -2.50. The summed E-state index contributed by atoms with van der Waals surface area (Å²) in [5, 5.41) is 0. The molecule has 0 amide bonds. The van der Waals surface area contributed by atoms with Gasteiger partial charge in [0.05, 0.1) is 0 Å². The highest BCUT2D eigenvalue weighted by atomic mass is 35.5. The van der Waals surface area contributed by atoms with E-state index in [1.165, 1.54) is 12.4 Å². The Balaban J connectivity index is 0.000001000. The van der Waals surface area contributed by atoms with E-state index < -0.39 is 12.6 Å². The van der Waals surface area contributed by atoms with Crippen molar-refractivity contribution in [2.24, 2.45) is 0 Å². The van der Waals surface area contributed by atoms with Gasteiger partial charge in [0.1, 0.15) is 12.2 Å². The van der Waals surface area contributed by atoms with Gasteiger partial charge in [-0.3, -0.25) is 0 Å². The van der Waals surface area contributed by atoms with Crippen molar-refractivity contribution < 1.29 is 13.2 Å². The molecule has 0 unspecified atom stereocenters. The lowest BCUT2D eigenvalue weighted by atomic mass is 10.4. The lowest BCUT2D eigenvalue weighted by Gasteiger charge is -2.01. The number of halogens is 4. The highest BCUT2D eigenvalue weighted by Crippen LogP contribution is 2.18. The number of imidazole rings is 1. The largest absolute Gasteiger partial charge is 0.396 e. The molecule has 0 spiro atoms. The second kappa shape index (κ2) is 3.61. The number of nitrogens with one attached hydrogen (secondary N) is 1. The highest BCUT2D eigenvalue weighted by Gasteiger charge is 2.28. The zero-order valence-corrected chi connectivity index (χ0v) is 6.17. The molecule has 0 aliphatic heterocycles. The Bertz CT molecular complexity index is 194. The van der Waals surface area contributed by atoms with E-state index >= 15 is 0 Å². The zero-order chi connectivity index (χ0) is 7.61. The second-order valence-corrected chi connectivity index (χ2v) is 1.83. The zero-order valence-electron chi connectivity index (χ0n) is 5.35. The molecule has 1 heterocycles. The minimum atomic E-state index is -4.17. The van der Waals surface area contributed by atoms with Crippen LogP contribution in [-0.2, 0) is 6.42 Å². The number of rotatable bonds is 1. The van der Waals surface area contributed by atoms with Crippen molar-refractivity contribution in [3.8, 4) is 0 Å². The smallest absolute Gasteiger partial charge is 0.348 e. The van der Waals surface area contributed by atoms with Crippen LogP contribution in [0, 0.1) is 0 Å². The van der Waals surface area contributed by atoms with Crippen LogP contribution in [-0.4, -0.2) is 16.1 Å². The first-order chi connectivity index (χ1) is 4.58. The number of aromatic nitrogens is 2. The Labute approximate surface area is 67.2 Å². The number of aromatic amines is 1. The van der Waals surface area contributed by atoms with E-state index in [0.717, 1.165) is 0 Å². The average Bonchev–Trinajstić information content (AvgIpc) is 2.12. The first-order valence-corrected chi connectivity index (χ1v) is 2.63. The van der Waals surface area contributed by atoms with Gasteiger partial charge in [-0.15, -0.1) is 12.4 Å². The quantitative estimate of drug-likeness (QED) is 0.714. The van der Waals surface area contributed by atoms with E-state index in [-0.39, 0.29) is 18.2 Å². The molecular formula is C5H6ClF3N2. The normalized spacial score (nSPS) is 10.8. The van der Waals surface area contributed by atoms with Crippen LogP contribution in [0.25, 0.3) is 0 Å². The summed E-state index contributed by atoms with van der Waals surface area (Å²) < 4.78 is 34.7. The molecule has 64 valence electrons. The number of hydrogen-bond donors (Lipinski definition) is 1. The van der Waals surface area contributed by atoms with Gasteiger partial charge in [0.2, 0.25) is 0 Å². The van der Waals surface area contributed by atoms with Gasteiger partial charge in [0, 0.05) is 12.4 Å². The van der Waals surface area contributed by atoms with Gasteiger partial charge in [-0.1, -0.05) is 0 Å². The maximum atomic E-state index is 11.6. The number of hydrogen-bond acceptors (Lipinski definition) is 1. The molecule has 0 fully saturated rings. The molecule has 6 heteroatoms. The van der Waals surface area contributed by atoms with E-state index in [9.17, 15) is 13.2 Å². The van der Waals surface area contributed by atoms with Crippen LogP contribution in [0.1, 0.15) is 5.82 Å². The summed E-state index contributed by atoms with van der Waals surface area (Å²) >= 11 is 0. The molecule has 1 aromatic rings. The summed E-state index contributed by atoms with van der Waals surface area (Å²) in [6, 6.07) is 0. The fourth-order valence-corrected chi connectivity index (χ4v) is 0.585. The van der Waals surface area contributed by atoms with E-state index in [1.807, 2.05) is 0 Å². The topological polar surface area (TPSA) is 28.7 Å². The summed E-state index contributed by atoms with van der Waals surface area (Å²) in [7, 11) is 0. The lowest BCUT2D eigenvalue weighted by molar-refractivity contribution is -0.128. The second-order valence-electron chi connectivity index (χ2n) is 1.83. The summed E-state index contributed by atoms with van der Waals surface area (Å²) in [5.74, 6) is -0.0486. The van der Waals surface area contributed by atoms with Crippen LogP contribution >= 0.6 is 12.4 Å². The SMILES string of the molecule is Cl.FC(F)(F)Cc1ncc[nH]1. The minimum absolute atomic E-state index is 0. The van der Waals surface area contributed by atoms with Gasteiger partial charge in [0.15, 0.2) is 0 Å². The highest BCUT2D eigenvalue weighted by molar-refractivity contribution is 5.85. The van der Waals surface area contributed by atoms with Crippen molar-refractivity contribution >= 4 is 12.4 Å². The van der Waals surface area contributed by atoms with Crippen LogP contribution < -0.4 is 0 Å². The fourth-order valence-electron chi connectivity index (χ4n) is 0.585. The third-order valence-corrected chi connectivity index (χ3v) is 0.923. The van der Waals surface area contributed by atoms with Crippen molar-refractivity contribution in [1.82, 2.24) is 9.97 Å². The maximum absolute atomic E-state index is 11.6. The lowest BCUT2D eigenvalue weighted by Crippen LogP contribution is -2.12. The maximum Gasteiger partial charge on any atom is 0.396 e. The Hall–Kier alpha value is -0.710. The third-order valence-electron chi connectivity index (χ3n) is 0.923. The first kappa shape index (κ1) is 10.3. The molecule has 1 N–H and O–H groups in total. The van der Waals surface area contributed by atoms with Gasteiger partial charge in [-0.2, -0.15) is 13.2 Å². The Kier molecular flexibility index (Phi) is 3.38. The predicted octanol–water partition coefficient (Wildman–Crippen LogP) is 1.94. The van der Waals surface area contributed by atoms with Gasteiger partial charge in [0.25, 0.3) is 0 Å². The molecule has 0 radical (unpaired) electrons. The molecule has 0 aliphatic carbocycles.